The van der Waals surface area contributed by atoms with Crippen molar-refractivity contribution in [3.05, 3.63) is 143 Å². The fourth-order valence-corrected chi connectivity index (χ4v) is 6.33. The van der Waals surface area contributed by atoms with Crippen molar-refractivity contribution in [1.82, 2.24) is 4.90 Å². The molecule has 1 aliphatic rings. The first kappa shape index (κ1) is 29.8. The quantitative estimate of drug-likeness (QED) is 0.185. The van der Waals surface area contributed by atoms with Crippen molar-refractivity contribution < 1.29 is 19.5 Å². The highest BCUT2D eigenvalue weighted by atomic mass is 32.2. The molecule has 0 saturated heterocycles. The zero-order chi connectivity index (χ0) is 29.4. The minimum atomic E-state index is -1.34. The van der Waals surface area contributed by atoms with Crippen LogP contribution in [0.25, 0.3) is 0 Å². The second-order valence-corrected chi connectivity index (χ2v) is 11.1. The Hall–Kier alpha value is -4.20. The maximum atomic E-state index is 13.1. The van der Waals surface area contributed by atoms with E-state index in [1.165, 1.54) is 11.8 Å². The number of nitrogens with two attached hydrogens (primary N) is 1. The van der Waals surface area contributed by atoms with Crippen LogP contribution in [0.5, 0.6) is 0 Å². The fourth-order valence-electron chi connectivity index (χ4n) is 4.72. The third kappa shape index (κ3) is 6.26. The van der Waals surface area contributed by atoms with E-state index >= 15 is 0 Å². The maximum Gasteiger partial charge on any atom is 0.327 e. The SMILES string of the molecule is CCC(C)N.O=C(O)C(CSC(c1ccccc1)(c1ccccc1)c1ccccc1)N1C(=O)c2ccccc2C1=O. The maximum absolute atomic E-state index is 13.1. The molecular weight excluding hydrogens is 532 g/mol. The number of benzene rings is 4. The second-order valence-electron chi connectivity index (χ2n) is 9.86. The Kier molecular flexibility index (Phi) is 9.76. The smallest absolute Gasteiger partial charge is 0.327 e. The van der Waals surface area contributed by atoms with Crippen LogP contribution in [0.1, 0.15) is 57.7 Å². The average molecular weight is 567 g/mol. The van der Waals surface area contributed by atoms with Crippen molar-refractivity contribution in [2.75, 3.05) is 5.75 Å². The minimum absolute atomic E-state index is 0.000511. The van der Waals surface area contributed by atoms with Crippen LogP contribution in [0.15, 0.2) is 115 Å². The number of hydrogen-bond donors (Lipinski definition) is 2. The number of nitrogens with zero attached hydrogens (tertiary/aromatic N) is 1. The van der Waals surface area contributed by atoms with Gasteiger partial charge in [0.05, 0.1) is 15.9 Å². The number of aliphatic carboxylic acids is 1. The van der Waals surface area contributed by atoms with Gasteiger partial charge in [0.1, 0.15) is 6.04 Å². The normalized spacial score (nSPS) is 14.1. The van der Waals surface area contributed by atoms with E-state index in [1.807, 2.05) is 97.9 Å². The van der Waals surface area contributed by atoms with Gasteiger partial charge in [-0.1, -0.05) is 110 Å². The number of imide groups is 1. The van der Waals surface area contributed by atoms with Crippen molar-refractivity contribution >= 4 is 29.5 Å². The summed E-state index contributed by atoms with van der Waals surface area (Å²) in [4.78, 5) is 39.6. The number of amides is 2. The minimum Gasteiger partial charge on any atom is -0.480 e. The lowest BCUT2D eigenvalue weighted by Crippen LogP contribution is -2.47. The summed E-state index contributed by atoms with van der Waals surface area (Å²) in [5.41, 5.74) is 8.68. The van der Waals surface area contributed by atoms with E-state index < -0.39 is 28.6 Å². The van der Waals surface area contributed by atoms with Gasteiger partial charge in [0.25, 0.3) is 11.8 Å². The first-order valence-corrected chi connectivity index (χ1v) is 14.6. The highest BCUT2D eigenvalue weighted by molar-refractivity contribution is 8.00. The Morgan fingerprint density at radius 3 is 1.41 bits per heavy atom. The monoisotopic (exact) mass is 566 g/mol. The highest BCUT2D eigenvalue weighted by Gasteiger charge is 2.45. The van der Waals surface area contributed by atoms with Crippen LogP contribution >= 0.6 is 11.8 Å². The molecule has 1 heterocycles. The molecule has 0 saturated carbocycles. The van der Waals surface area contributed by atoms with E-state index in [0.29, 0.717) is 6.04 Å². The van der Waals surface area contributed by atoms with Crippen LogP contribution in [-0.4, -0.2) is 45.6 Å². The Labute approximate surface area is 245 Å². The van der Waals surface area contributed by atoms with E-state index in [2.05, 4.69) is 6.92 Å². The number of carbonyl (C=O) groups is 3. The molecule has 0 fully saturated rings. The standard InChI is InChI=1S/C30H23NO4S.C4H11N/c32-27-24-18-10-11-19-25(24)28(33)31(27)26(29(34)35)20-36-30(21-12-4-1-5-13-21,22-14-6-2-7-15-22)23-16-8-3-9-17-23;1-3-4(2)5/h1-19,26H,20H2,(H,34,35);4H,3,5H2,1-2H3. The summed E-state index contributed by atoms with van der Waals surface area (Å²) >= 11 is 1.41. The topological polar surface area (TPSA) is 101 Å². The van der Waals surface area contributed by atoms with Gasteiger partial charge in [0.15, 0.2) is 0 Å². The van der Waals surface area contributed by atoms with Crippen LogP contribution in [0, 0.1) is 0 Å². The van der Waals surface area contributed by atoms with E-state index in [9.17, 15) is 19.5 Å². The number of thioether (sulfide) groups is 1. The van der Waals surface area contributed by atoms with Crippen LogP contribution < -0.4 is 5.73 Å². The lowest BCUT2D eigenvalue weighted by atomic mass is 9.84. The van der Waals surface area contributed by atoms with E-state index in [0.717, 1.165) is 28.0 Å². The molecule has 5 rings (SSSR count). The molecule has 0 aromatic heterocycles. The summed E-state index contributed by atoms with van der Waals surface area (Å²) in [6, 6.07) is 35.2. The highest BCUT2D eigenvalue weighted by Crippen LogP contribution is 2.49. The number of fused-ring (bicyclic) bond motifs is 1. The van der Waals surface area contributed by atoms with Gasteiger partial charge in [-0.3, -0.25) is 14.5 Å². The Balaban J connectivity index is 0.000000714. The van der Waals surface area contributed by atoms with Gasteiger partial charge in [-0.2, -0.15) is 0 Å². The van der Waals surface area contributed by atoms with Gasteiger partial charge in [-0.05, 0) is 42.2 Å². The Bertz CT molecular complexity index is 1340. The van der Waals surface area contributed by atoms with E-state index in [-0.39, 0.29) is 16.9 Å². The molecule has 4 aromatic rings. The summed E-state index contributed by atoms with van der Waals surface area (Å²) in [6.07, 6.45) is 1.08. The van der Waals surface area contributed by atoms with Gasteiger partial charge in [0, 0.05) is 11.8 Å². The van der Waals surface area contributed by atoms with Crippen LogP contribution in [-0.2, 0) is 9.54 Å². The molecule has 2 unspecified atom stereocenters. The molecule has 0 bridgehead atoms. The van der Waals surface area contributed by atoms with Crippen molar-refractivity contribution in [2.24, 2.45) is 5.73 Å². The molecular formula is C34H34N2O4S. The zero-order valence-electron chi connectivity index (χ0n) is 23.1. The molecule has 1 aliphatic heterocycles. The third-order valence-electron chi connectivity index (χ3n) is 7.06. The molecule has 210 valence electrons. The predicted molar refractivity (Wildman–Crippen MR) is 164 cm³/mol. The first-order valence-electron chi connectivity index (χ1n) is 13.6. The molecule has 6 nitrogen and oxygen atoms in total. The van der Waals surface area contributed by atoms with Crippen molar-refractivity contribution in [3.63, 3.8) is 0 Å². The second kappa shape index (κ2) is 13.4. The molecule has 0 spiro atoms. The zero-order valence-corrected chi connectivity index (χ0v) is 24.0. The summed E-state index contributed by atoms with van der Waals surface area (Å²) in [6.45, 7) is 4.07. The Morgan fingerprint density at radius 1 is 0.756 bits per heavy atom. The van der Waals surface area contributed by atoms with Crippen molar-refractivity contribution in [2.45, 2.75) is 37.1 Å². The lowest BCUT2D eigenvalue weighted by molar-refractivity contribution is -0.140. The van der Waals surface area contributed by atoms with Crippen LogP contribution in [0.2, 0.25) is 0 Å². The fraction of sp³-hybridized carbons (Fsp3) is 0.206. The van der Waals surface area contributed by atoms with Gasteiger partial charge >= 0.3 is 5.97 Å². The number of carbonyl (C=O) groups excluding carboxylic acids is 2. The molecule has 0 aliphatic carbocycles. The van der Waals surface area contributed by atoms with E-state index in [4.69, 9.17) is 5.73 Å². The van der Waals surface area contributed by atoms with Crippen molar-refractivity contribution in [3.8, 4) is 0 Å². The molecule has 2 amide bonds. The molecule has 0 radical (unpaired) electrons. The largest absolute Gasteiger partial charge is 0.480 e. The third-order valence-corrected chi connectivity index (χ3v) is 8.69. The molecule has 7 heteroatoms. The molecule has 4 aromatic carbocycles. The number of carboxylic acids is 1. The summed E-state index contributed by atoms with van der Waals surface area (Å²) in [5, 5.41) is 10.2. The first-order chi connectivity index (χ1) is 19.8. The van der Waals surface area contributed by atoms with Crippen molar-refractivity contribution in [1.29, 1.82) is 0 Å². The van der Waals surface area contributed by atoms with Crippen LogP contribution in [0.3, 0.4) is 0 Å². The summed E-state index contributed by atoms with van der Waals surface area (Å²) in [7, 11) is 0. The average Bonchev–Trinajstić information content (AvgIpc) is 3.26. The molecule has 41 heavy (non-hydrogen) atoms. The summed E-state index contributed by atoms with van der Waals surface area (Å²) in [5.74, 6) is -2.37. The predicted octanol–water partition coefficient (Wildman–Crippen LogP) is 6.20. The number of hydrogen-bond acceptors (Lipinski definition) is 5. The lowest BCUT2D eigenvalue weighted by Gasteiger charge is -2.37. The molecule has 2 atom stereocenters. The number of carboxylic acid groups (broad SMARTS) is 1. The van der Waals surface area contributed by atoms with Gasteiger partial charge in [-0.25, -0.2) is 4.79 Å². The van der Waals surface area contributed by atoms with E-state index in [1.54, 1.807) is 24.3 Å². The van der Waals surface area contributed by atoms with Crippen LogP contribution in [0.4, 0.5) is 0 Å². The van der Waals surface area contributed by atoms with Gasteiger partial charge in [-0.15, -0.1) is 11.8 Å². The Morgan fingerprint density at radius 2 is 1.10 bits per heavy atom. The molecule has 3 N–H and O–H groups in total. The van der Waals surface area contributed by atoms with Gasteiger partial charge in [0.2, 0.25) is 0 Å². The number of rotatable bonds is 9. The summed E-state index contributed by atoms with van der Waals surface area (Å²) < 4.78 is -0.768. The van der Waals surface area contributed by atoms with Gasteiger partial charge < -0.3 is 10.8 Å².